The van der Waals surface area contributed by atoms with E-state index in [9.17, 15) is 0 Å². The molecule has 3 rings (SSSR count). The second kappa shape index (κ2) is 4.31. The predicted octanol–water partition coefficient (Wildman–Crippen LogP) is 3.04. The summed E-state index contributed by atoms with van der Waals surface area (Å²) >= 11 is 6.00. The predicted molar refractivity (Wildman–Crippen MR) is 68.5 cm³/mol. The first-order valence-electron chi connectivity index (χ1n) is 5.91. The number of aromatic nitrogens is 2. The molecule has 0 bridgehead atoms. The molecule has 0 spiro atoms. The van der Waals surface area contributed by atoms with Gasteiger partial charge in [0.15, 0.2) is 0 Å². The van der Waals surface area contributed by atoms with Crippen LogP contribution in [0.1, 0.15) is 23.9 Å². The smallest absolute Gasteiger partial charge is 0.125 e. The molecule has 90 valence electrons. The van der Waals surface area contributed by atoms with Crippen molar-refractivity contribution < 1.29 is 4.74 Å². The molecular weight excluding hydrogens is 236 g/mol. The summed E-state index contributed by atoms with van der Waals surface area (Å²) in [4.78, 5) is 4.61. The average molecular weight is 251 g/mol. The number of nitrogens with zero attached hydrogens (tertiary/aromatic N) is 2. The molecule has 1 aliphatic rings. The zero-order chi connectivity index (χ0) is 11.8. The lowest BCUT2D eigenvalue weighted by molar-refractivity contribution is 0.187. The second-order valence-electron chi connectivity index (χ2n) is 4.54. The van der Waals surface area contributed by atoms with Crippen LogP contribution < -0.4 is 0 Å². The molecule has 17 heavy (non-hydrogen) atoms. The summed E-state index contributed by atoms with van der Waals surface area (Å²) in [5.41, 5.74) is 3.43. The molecule has 0 amide bonds. The Morgan fingerprint density at radius 2 is 2.41 bits per heavy atom. The van der Waals surface area contributed by atoms with Gasteiger partial charge in [-0.2, -0.15) is 0 Å². The average Bonchev–Trinajstić information content (AvgIpc) is 2.93. The van der Waals surface area contributed by atoms with Gasteiger partial charge in [0.25, 0.3) is 0 Å². The highest BCUT2D eigenvalue weighted by molar-refractivity contribution is 6.16. The molecule has 1 aromatic carbocycles. The Morgan fingerprint density at radius 3 is 3.12 bits per heavy atom. The fourth-order valence-electron chi connectivity index (χ4n) is 2.49. The summed E-state index contributed by atoms with van der Waals surface area (Å²) in [6.45, 7) is 3.68. The molecule has 0 N–H and O–H groups in total. The molecule has 1 atom stereocenters. The molecule has 1 aliphatic heterocycles. The van der Waals surface area contributed by atoms with Gasteiger partial charge in [0, 0.05) is 6.61 Å². The Hall–Kier alpha value is -1.06. The number of alkyl halides is 1. The van der Waals surface area contributed by atoms with Crippen molar-refractivity contribution in [3.63, 3.8) is 0 Å². The van der Waals surface area contributed by atoms with Crippen LogP contribution >= 0.6 is 11.6 Å². The third kappa shape index (κ3) is 1.83. The van der Waals surface area contributed by atoms with Crippen molar-refractivity contribution in [1.82, 2.24) is 9.55 Å². The molecule has 4 heteroatoms. The quantitative estimate of drug-likeness (QED) is 0.766. The summed E-state index contributed by atoms with van der Waals surface area (Å²) in [6, 6.07) is 6.74. The molecule has 1 unspecified atom stereocenters. The zero-order valence-electron chi connectivity index (χ0n) is 9.82. The largest absolute Gasteiger partial charge is 0.379 e. The number of aryl methyl sites for hydroxylation is 1. The summed E-state index contributed by atoms with van der Waals surface area (Å²) in [5.74, 6) is 1.40. The van der Waals surface area contributed by atoms with Crippen molar-refractivity contribution in [1.29, 1.82) is 0 Å². The molecule has 1 fully saturated rings. The maximum atomic E-state index is 6.00. The second-order valence-corrected chi connectivity index (χ2v) is 4.81. The standard InChI is InChI=1S/C13H15ClN2O/c1-9-2-3-12-11(6-9)15-13(7-14)16(12)10-4-5-17-8-10/h2-3,6,10H,4-5,7-8H2,1H3. The van der Waals surface area contributed by atoms with Crippen molar-refractivity contribution >= 4 is 22.6 Å². The maximum Gasteiger partial charge on any atom is 0.125 e. The summed E-state index contributed by atoms with van der Waals surface area (Å²) in [7, 11) is 0. The van der Waals surface area contributed by atoms with E-state index in [4.69, 9.17) is 16.3 Å². The number of imidazole rings is 1. The Bertz CT molecular complexity index is 544. The van der Waals surface area contributed by atoms with E-state index in [2.05, 4.69) is 34.7 Å². The Labute approximate surface area is 105 Å². The summed E-state index contributed by atoms with van der Waals surface area (Å²) in [6.07, 6.45) is 1.04. The van der Waals surface area contributed by atoms with Crippen LogP contribution in [0, 0.1) is 6.92 Å². The highest BCUT2D eigenvalue weighted by Crippen LogP contribution is 2.28. The van der Waals surface area contributed by atoms with Crippen molar-refractivity contribution in [3.8, 4) is 0 Å². The topological polar surface area (TPSA) is 27.1 Å². The minimum atomic E-state index is 0.386. The lowest BCUT2D eigenvalue weighted by Crippen LogP contribution is -2.11. The Morgan fingerprint density at radius 1 is 1.53 bits per heavy atom. The number of ether oxygens (including phenoxy) is 1. The van der Waals surface area contributed by atoms with Gasteiger partial charge in [-0.3, -0.25) is 0 Å². The van der Waals surface area contributed by atoms with E-state index >= 15 is 0 Å². The van der Waals surface area contributed by atoms with Gasteiger partial charge in [-0.25, -0.2) is 4.98 Å². The van der Waals surface area contributed by atoms with Crippen LogP contribution in [0.5, 0.6) is 0 Å². The van der Waals surface area contributed by atoms with Crippen LogP contribution in [-0.4, -0.2) is 22.8 Å². The third-order valence-corrected chi connectivity index (χ3v) is 3.55. The van der Waals surface area contributed by atoms with E-state index < -0.39 is 0 Å². The van der Waals surface area contributed by atoms with Gasteiger partial charge < -0.3 is 9.30 Å². The third-order valence-electron chi connectivity index (χ3n) is 3.31. The number of rotatable bonds is 2. The number of hydrogen-bond acceptors (Lipinski definition) is 2. The lowest BCUT2D eigenvalue weighted by atomic mass is 10.2. The fraction of sp³-hybridized carbons (Fsp3) is 0.462. The number of benzene rings is 1. The zero-order valence-corrected chi connectivity index (χ0v) is 10.6. The molecular formula is C13H15ClN2O. The van der Waals surface area contributed by atoms with Gasteiger partial charge in [-0.15, -0.1) is 11.6 Å². The minimum absolute atomic E-state index is 0.386. The van der Waals surface area contributed by atoms with E-state index in [1.54, 1.807) is 0 Å². The van der Waals surface area contributed by atoms with Gasteiger partial charge in [-0.1, -0.05) is 6.07 Å². The first-order chi connectivity index (χ1) is 8.29. The van der Waals surface area contributed by atoms with Crippen LogP contribution in [0.3, 0.4) is 0 Å². The first-order valence-corrected chi connectivity index (χ1v) is 6.44. The monoisotopic (exact) mass is 250 g/mol. The van der Waals surface area contributed by atoms with Gasteiger partial charge in [0.1, 0.15) is 5.82 Å². The number of fused-ring (bicyclic) bond motifs is 1. The molecule has 1 saturated heterocycles. The van der Waals surface area contributed by atoms with Gasteiger partial charge in [0.05, 0.1) is 29.6 Å². The van der Waals surface area contributed by atoms with Crippen molar-refractivity contribution in [2.45, 2.75) is 25.3 Å². The van der Waals surface area contributed by atoms with Crippen molar-refractivity contribution in [3.05, 3.63) is 29.6 Å². The van der Waals surface area contributed by atoms with Crippen LogP contribution in [-0.2, 0) is 10.6 Å². The van der Waals surface area contributed by atoms with Gasteiger partial charge >= 0.3 is 0 Å². The normalized spacial score (nSPS) is 20.2. The fourth-order valence-corrected chi connectivity index (χ4v) is 2.67. The van der Waals surface area contributed by atoms with Crippen molar-refractivity contribution in [2.75, 3.05) is 13.2 Å². The SMILES string of the molecule is Cc1ccc2c(c1)nc(CCl)n2C1CCOC1. The molecule has 1 aromatic heterocycles. The molecule has 2 aromatic rings. The molecule has 0 saturated carbocycles. The number of halogens is 1. The van der Waals surface area contributed by atoms with E-state index in [1.165, 1.54) is 11.1 Å². The van der Waals surface area contributed by atoms with E-state index in [1.807, 2.05) is 0 Å². The first kappa shape index (κ1) is 11.1. The lowest BCUT2D eigenvalue weighted by Gasteiger charge is -2.13. The van der Waals surface area contributed by atoms with Gasteiger partial charge in [-0.05, 0) is 31.0 Å². The van der Waals surface area contributed by atoms with Crippen LogP contribution in [0.4, 0.5) is 0 Å². The van der Waals surface area contributed by atoms with Crippen LogP contribution in [0.2, 0.25) is 0 Å². The van der Waals surface area contributed by atoms with Crippen LogP contribution in [0.15, 0.2) is 18.2 Å². The summed E-state index contributed by atoms with van der Waals surface area (Å²) < 4.78 is 7.71. The number of hydrogen-bond donors (Lipinski definition) is 0. The van der Waals surface area contributed by atoms with Crippen molar-refractivity contribution in [2.24, 2.45) is 0 Å². The summed E-state index contributed by atoms with van der Waals surface area (Å²) in [5, 5.41) is 0. The van der Waals surface area contributed by atoms with E-state index in [0.717, 1.165) is 31.0 Å². The molecule has 2 heterocycles. The Kier molecular flexibility index (Phi) is 2.81. The minimum Gasteiger partial charge on any atom is -0.379 e. The van der Waals surface area contributed by atoms with Crippen LogP contribution in [0.25, 0.3) is 11.0 Å². The highest BCUT2D eigenvalue weighted by atomic mass is 35.5. The molecule has 0 radical (unpaired) electrons. The van der Waals surface area contributed by atoms with E-state index in [-0.39, 0.29) is 0 Å². The highest BCUT2D eigenvalue weighted by Gasteiger charge is 2.22. The van der Waals surface area contributed by atoms with Gasteiger partial charge in [0.2, 0.25) is 0 Å². The molecule has 3 nitrogen and oxygen atoms in total. The maximum absolute atomic E-state index is 6.00. The Balaban J connectivity index is 2.19. The van der Waals surface area contributed by atoms with E-state index in [0.29, 0.717) is 11.9 Å². The molecule has 0 aliphatic carbocycles.